The van der Waals surface area contributed by atoms with Crippen molar-refractivity contribution in [3.63, 3.8) is 0 Å². The summed E-state index contributed by atoms with van der Waals surface area (Å²) in [7, 11) is 0. The molecule has 84 valence electrons. The molecule has 0 fully saturated rings. The first-order valence-corrected chi connectivity index (χ1v) is 5.16. The highest BCUT2D eigenvalue weighted by molar-refractivity contribution is 5.87. The van der Waals surface area contributed by atoms with E-state index in [1.54, 1.807) is 18.6 Å². The number of pyridine rings is 1. The Morgan fingerprint density at radius 2 is 2.18 bits per heavy atom. The van der Waals surface area contributed by atoms with Crippen LogP contribution in [0.3, 0.4) is 0 Å². The fourth-order valence-electron chi connectivity index (χ4n) is 1.61. The summed E-state index contributed by atoms with van der Waals surface area (Å²) >= 11 is 0. The third-order valence-electron chi connectivity index (χ3n) is 2.52. The number of aromatic nitrogens is 5. The lowest BCUT2D eigenvalue weighted by Gasteiger charge is -2.07. The van der Waals surface area contributed by atoms with Gasteiger partial charge in [0.2, 0.25) is 0 Å². The largest absolute Gasteiger partial charge is 0.339 e. The molecule has 0 radical (unpaired) electrons. The number of aryl methyl sites for hydroxylation is 1. The van der Waals surface area contributed by atoms with Crippen LogP contribution < -0.4 is 5.32 Å². The summed E-state index contributed by atoms with van der Waals surface area (Å²) in [5, 5.41) is 10.9. The van der Waals surface area contributed by atoms with Crippen LogP contribution in [0.25, 0.3) is 11.0 Å². The van der Waals surface area contributed by atoms with Gasteiger partial charge in [-0.25, -0.2) is 9.97 Å². The fourth-order valence-corrected chi connectivity index (χ4v) is 1.61. The smallest absolute Gasteiger partial charge is 0.160 e. The van der Waals surface area contributed by atoms with Crippen molar-refractivity contribution in [1.82, 2.24) is 25.1 Å². The first kappa shape index (κ1) is 9.71. The molecule has 0 atom stereocenters. The van der Waals surface area contributed by atoms with E-state index in [0.717, 1.165) is 22.5 Å². The summed E-state index contributed by atoms with van der Waals surface area (Å²) in [5.41, 5.74) is 2.75. The highest BCUT2D eigenvalue weighted by Crippen LogP contribution is 2.22. The molecule has 0 saturated heterocycles. The van der Waals surface area contributed by atoms with Crippen molar-refractivity contribution in [2.75, 3.05) is 5.32 Å². The molecule has 6 nitrogen and oxygen atoms in total. The number of hydrogen-bond acceptors (Lipinski definition) is 5. The van der Waals surface area contributed by atoms with Gasteiger partial charge < -0.3 is 5.32 Å². The normalized spacial score (nSPS) is 10.6. The molecule has 0 bridgehead atoms. The summed E-state index contributed by atoms with van der Waals surface area (Å²) in [6.07, 6.45) is 6.74. The van der Waals surface area contributed by atoms with Crippen LogP contribution in [-0.4, -0.2) is 25.1 Å². The first-order valence-electron chi connectivity index (χ1n) is 5.16. The minimum absolute atomic E-state index is 0.717. The van der Waals surface area contributed by atoms with E-state index < -0.39 is 0 Å². The molecule has 3 aromatic rings. The molecule has 0 aliphatic heterocycles. The summed E-state index contributed by atoms with van der Waals surface area (Å²) in [5.74, 6) is 0.734. The summed E-state index contributed by atoms with van der Waals surface area (Å²) < 4.78 is 0. The van der Waals surface area contributed by atoms with E-state index >= 15 is 0 Å². The van der Waals surface area contributed by atoms with Gasteiger partial charge in [-0.2, -0.15) is 5.10 Å². The molecule has 0 saturated carbocycles. The molecular formula is C11H10N6. The second kappa shape index (κ2) is 3.82. The molecule has 3 heterocycles. The lowest BCUT2D eigenvalue weighted by atomic mass is 10.2. The van der Waals surface area contributed by atoms with E-state index in [1.165, 1.54) is 6.33 Å². The van der Waals surface area contributed by atoms with Gasteiger partial charge in [0.25, 0.3) is 0 Å². The van der Waals surface area contributed by atoms with E-state index in [4.69, 9.17) is 0 Å². The zero-order valence-electron chi connectivity index (χ0n) is 9.18. The maximum absolute atomic E-state index is 4.21. The van der Waals surface area contributed by atoms with E-state index in [9.17, 15) is 0 Å². The van der Waals surface area contributed by atoms with Crippen LogP contribution in [0.1, 0.15) is 5.56 Å². The van der Waals surface area contributed by atoms with Gasteiger partial charge in [0.05, 0.1) is 11.6 Å². The lowest BCUT2D eigenvalue weighted by molar-refractivity contribution is 1.09. The SMILES string of the molecule is Cc1cnccc1Nc1ncnc2[nH]ncc12. The van der Waals surface area contributed by atoms with Crippen molar-refractivity contribution in [3.8, 4) is 0 Å². The highest BCUT2D eigenvalue weighted by Gasteiger charge is 2.06. The second-order valence-electron chi connectivity index (χ2n) is 3.67. The Morgan fingerprint density at radius 1 is 1.24 bits per heavy atom. The predicted molar refractivity (Wildman–Crippen MR) is 63.9 cm³/mol. The lowest BCUT2D eigenvalue weighted by Crippen LogP contribution is -1.97. The van der Waals surface area contributed by atoms with Gasteiger partial charge in [-0.15, -0.1) is 0 Å². The van der Waals surface area contributed by atoms with Crippen LogP contribution in [0.15, 0.2) is 31.0 Å². The molecule has 0 aromatic carbocycles. The van der Waals surface area contributed by atoms with Gasteiger partial charge in [-0.1, -0.05) is 0 Å². The van der Waals surface area contributed by atoms with Gasteiger partial charge >= 0.3 is 0 Å². The Bertz CT molecular complexity index is 660. The molecule has 0 amide bonds. The monoisotopic (exact) mass is 226 g/mol. The van der Waals surface area contributed by atoms with Crippen LogP contribution in [-0.2, 0) is 0 Å². The second-order valence-corrected chi connectivity index (χ2v) is 3.67. The number of fused-ring (bicyclic) bond motifs is 1. The molecule has 0 unspecified atom stereocenters. The summed E-state index contributed by atoms with van der Waals surface area (Å²) in [6, 6.07) is 1.91. The third kappa shape index (κ3) is 1.69. The Kier molecular flexibility index (Phi) is 2.18. The number of nitrogens with zero attached hydrogens (tertiary/aromatic N) is 4. The number of hydrogen-bond donors (Lipinski definition) is 2. The van der Waals surface area contributed by atoms with Crippen molar-refractivity contribution < 1.29 is 0 Å². The molecule has 0 aliphatic rings. The maximum atomic E-state index is 4.21. The number of H-pyrrole nitrogens is 1. The summed E-state index contributed by atoms with van der Waals surface area (Å²) in [4.78, 5) is 12.3. The minimum atomic E-state index is 0.717. The topological polar surface area (TPSA) is 79.4 Å². The maximum Gasteiger partial charge on any atom is 0.160 e. The standard InChI is InChI=1S/C11H10N6/c1-7-4-12-3-2-9(7)16-10-8-5-15-17-11(8)14-6-13-10/h2-6H,1H3,(H2,12,13,14,15,16,17). The zero-order chi connectivity index (χ0) is 11.7. The Morgan fingerprint density at radius 3 is 3.06 bits per heavy atom. The van der Waals surface area contributed by atoms with Crippen molar-refractivity contribution in [2.24, 2.45) is 0 Å². The van der Waals surface area contributed by atoms with Gasteiger partial charge in [-0.05, 0) is 18.6 Å². The van der Waals surface area contributed by atoms with Crippen molar-refractivity contribution in [3.05, 3.63) is 36.5 Å². The van der Waals surface area contributed by atoms with E-state index in [-0.39, 0.29) is 0 Å². The Labute approximate surface area is 97.1 Å². The van der Waals surface area contributed by atoms with Crippen LogP contribution in [0, 0.1) is 6.92 Å². The number of aromatic amines is 1. The molecule has 3 aromatic heterocycles. The number of nitrogens with one attached hydrogen (secondary N) is 2. The Hall–Kier alpha value is -2.50. The molecule has 6 heteroatoms. The predicted octanol–water partition coefficient (Wildman–Crippen LogP) is 1.80. The van der Waals surface area contributed by atoms with Gasteiger partial charge in [0.1, 0.15) is 12.1 Å². The minimum Gasteiger partial charge on any atom is -0.339 e. The van der Waals surface area contributed by atoms with Gasteiger partial charge in [0.15, 0.2) is 5.65 Å². The molecule has 0 spiro atoms. The summed E-state index contributed by atoms with van der Waals surface area (Å²) in [6.45, 7) is 1.99. The highest BCUT2D eigenvalue weighted by atomic mass is 15.2. The van der Waals surface area contributed by atoms with Gasteiger partial charge in [-0.3, -0.25) is 10.1 Å². The van der Waals surface area contributed by atoms with Gasteiger partial charge in [0, 0.05) is 18.1 Å². The quantitative estimate of drug-likeness (QED) is 0.696. The molecule has 17 heavy (non-hydrogen) atoms. The van der Waals surface area contributed by atoms with E-state index in [1.807, 2.05) is 13.0 Å². The van der Waals surface area contributed by atoms with Crippen molar-refractivity contribution >= 4 is 22.5 Å². The van der Waals surface area contributed by atoms with Crippen LogP contribution in [0.4, 0.5) is 11.5 Å². The van der Waals surface area contributed by atoms with Crippen LogP contribution >= 0.6 is 0 Å². The molecule has 3 rings (SSSR count). The van der Waals surface area contributed by atoms with Crippen molar-refractivity contribution in [1.29, 1.82) is 0 Å². The molecule has 2 N–H and O–H groups in total. The fraction of sp³-hybridized carbons (Fsp3) is 0.0909. The van der Waals surface area contributed by atoms with Crippen molar-refractivity contribution in [2.45, 2.75) is 6.92 Å². The van der Waals surface area contributed by atoms with Crippen LogP contribution in [0.2, 0.25) is 0 Å². The first-order chi connectivity index (χ1) is 8.34. The average molecular weight is 226 g/mol. The van der Waals surface area contributed by atoms with E-state index in [0.29, 0.717) is 5.65 Å². The van der Waals surface area contributed by atoms with E-state index in [2.05, 4.69) is 30.5 Å². The molecule has 0 aliphatic carbocycles. The third-order valence-corrected chi connectivity index (χ3v) is 2.52. The number of rotatable bonds is 2. The number of anilines is 2. The Balaban J connectivity index is 2.06. The molecular weight excluding hydrogens is 216 g/mol. The van der Waals surface area contributed by atoms with Crippen LogP contribution in [0.5, 0.6) is 0 Å². The average Bonchev–Trinajstić information content (AvgIpc) is 2.81. The zero-order valence-corrected chi connectivity index (χ0v) is 9.18.